The molecule has 0 N–H and O–H groups in total. The van der Waals surface area contributed by atoms with Crippen LogP contribution in [0.2, 0.25) is 0 Å². The van der Waals surface area contributed by atoms with Gasteiger partial charge in [0.25, 0.3) is 5.91 Å². The molecule has 2 aliphatic heterocycles. The number of hydrogen-bond acceptors (Lipinski definition) is 4. The number of piperazine rings is 2. The van der Waals surface area contributed by atoms with E-state index in [1.54, 1.807) is 16.0 Å². The molecule has 136 valence electrons. The summed E-state index contributed by atoms with van der Waals surface area (Å²) in [7, 11) is 3.75. The number of hydrogen-bond donors (Lipinski definition) is 0. The molecule has 2 fully saturated rings. The second-order valence-electron chi connectivity index (χ2n) is 6.97. The lowest BCUT2D eigenvalue weighted by molar-refractivity contribution is -0.142. The van der Waals surface area contributed by atoms with Crippen molar-refractivity contribution in [1.82, 2.24) is 24.3 Å². The number of carbonyl (C=O) groups is 2. The number of benzene rings is 1. The smallest absolute Gasteiger partial charge is 0.254 e. The predicted octanol–water partition coefficient (Wildman–Crippen LogP) is 0.685. The van der Waals surface area contributed by atoms with Crippen molar-refractivity contribution in [3.05, 3.63) is 42.2 Å². The molecule has 0 radical (unpaired) electrons. The Morgan fingerprint density at radius 3 is 2.65 bits per heavy atom. The average Bonchev–Trinajstić information content (AvgIpc) is 3.10. The zero-order valence-corrected chi connectivity index (χ0v) is 15.1. The fraction of sp³-hybridized carbons (Fsp3) is 0.421. The molecule has 4 rings (SSSR count). The van der Waals surface area contributed by atoms with E-state index in [0.29, 0.717) is 18.7 Å². The second-order valence-corrected chi connectivity index (χ2v) is 6.97. The lowest BCUT2D eigenvalue weighted by Gasteiger charge is -2.45. The number of nitrogens with zero attached hydrogens (tertiary/aromatic N) is 5. The normalized spacial score (nSPS) is 21.0. The molecule has 1 aromatic carbocycles. The summed E-state index contributed by atoms with van der Waals surface area (Å²) in [5.74, 6) is 0.830. The molecule has 7 heteroatoms. The van der Waals surface area contributed by atoms with Gasteiger partial charge in [0.2, 0.25) is 5.91 Å². The molecule has 2 aromatic rings. The van der Waals surface area contributed by atoms with Gasteiger partial charge in [0, 0.05) is 64.8 Å². The molecule has 1 atom stereocenters. The number of likely N-dealkylation sites (N-methyl/N-ethyl adjacent to an activating group) is 1. The summed E-state index contributed by atoms with van der Waals surface area (Å²) in [6.07, 6.45) is 3.60. The summed E-state index contributed by atoms with van der Waals surface area (Å²) in [5, 5.41) is 0. The molecule has 0 saturated carbocycles. The van der Waals surface area contributed by atoms with E-state index in [1.165, 1.54) is 0 Å². The number of amides is 2. The second kappa shape index (κ2) is 6.57. The minimum Gasteiger partial charge on any atom is -0.343 e. The van der Waals surface area contributed by atoms with E-state index in [0.717, 1.165) is 31.0 Å². The summed E-state index contributed by atoms with van der Waals surface area (Å²) < 4.78 is 1.91. The molecule has 1 aromatic heterocycles. The van der Waals surface area contributed by atoms with E-state index in [9.17, 15) is 9.59 Å². The van der Waals surface area contributed by atoms with Gasteiger partial charge >= 0.3 is 0 Å². The van der Waals surface area contributed by atoms with Gasteiger partial charge in [-0.15, -0.1) is 0 Å². The van der Waals surface area contributed by atoms with Gasteiger partial charge in [-0.05, 0) is 6.07 Å². The Morgan fingerprint density at radius 2 is 1.88 bits per heavy atom. The number of aromatic nitrogens is 2. The van der Waals surface area contributed by atoms with Crippen LogP contribution in [0.1, 0.15) is 10.4 Å². The van der Waals surface area contributed by atoms with Crippen LogP contribution in [-0.2, 0) is 11.8 Å². The quantitative estimate of drug-likeness (QED) is 0.797. The Labute approximate surface area is 152 Å². The fourth-order valence-corrected chi connectivity index (χ4v) is 3.81. The molecule has 0 bridgehead atoms. The molecular weight excluding hydrogens is 330 g/mol. The first kappa shape index (κ1) is 16.8. The van der Waals surface area contributed by atoms with Crippen molar-refractivity contribution in [2.24, 2.45) is 7.05 Å². The Hall–Kier alpha value is -2.67. The van der Waals surface area contributed by atoms with Gasteiger partial charge in [0.15, 0.2) is 0 Å². The third-order valence-corrected chi connectivity index (χ3v) is 5.38. The van der Waals surface area contributed by atoms with E-state index in [4.69, 9.17) is 0 Å². The van der Waals surface area contributed by atoms with Crippen molar-refractivity contribution in [3.63, 3.8) is 0 Å². The highest BCUT2D eigenvalue weighted by Gasteiger charge is 2.39. The van der Waals surface area contributed by atoms with Crippen LogP contribution in [0.4, 0.5) is 0 Å². The van der Waals surface area contributed by atoms with Crippen molar-refractivity contribution >= 4 is 11.8 Å². The molecule has 2 aliphatic rings. The topological polar surface area (TPSA) is 61.7 Å². The van der Waals surface area contributed by atoms with Crippen molar-refractivity contribution < 1.29 is 9.59 Å². The van der Waals surface area contributed by atoms with Crippen molar-refractivity contribution in [2.45, 2.75) is 6.04 Å². The zero-order valence-electron chi connectivity index (χ0n) is 15.1. The van der Waals surface area contributed by atoms with Crippen LogP contribution >= 0.6 is 0 Å². The van der Waals surface area contributed by atoms with E-state index >= 15 is 0 Å². The monoisotopic (exact) mass is 353 g/mol. The van der Waals surface area contributed by atoms with Crippen LogP contribution in [0.25, 0.3) is 11.4 Å². The van der Waals surface area contributed by atoms with Crippen molar-refractivity contribution in [1.29, 1.82) is 0 Å². The maximum Gasteiger partial charge on any atom is 0.254 e. The predicted molar refractivity (Wildman–Crippen MR) is 97.5 cm³/mol. The Bertz CT molecular complexity index is 846. The highest BCUT2D eigenvalue weighted by molar-refractivity contribution is 6.00. The Morgan fingerprint density at radius 1 is 1.12 bits per heavy atom. The van der Waals surface area contributed by atoms with Gasteiger partial charge in [0.05, 0.1) is 5.56 Å². The third kappa shape index (κ3) is 2.78. The minimum absolute atomic E-state index is 0.0377. The van der Waals surface area contributed by atoms with Gasteiger partial charge in [0.1, 0.15) is 11.9 Å². The fourth-order valence-electron chi connectivity index (χ4n) is 3.81. The van der Waals surface area contributed by atoms with Crippen LogP contribution in [0.5, 0.6) is 0 Å². The first-order valence-corrected chi connectivity index (χ1v) is 8.91. The highest BCUT2D eigenvalue weighted by atomic mass is 16.2. The summed E-state index contributed by atoms with van der Waals surface area (Å²) in [6.45, 7) is 3.45. The number of fused-ring (bicyclic) bond motifs is 1. The van der Waals surface area contributed by atoms with E-state index in [2.05, 4.69) is 9.88 Å². The van der Waals surface area contributed by atoms with Crippen LogP contribution < -0.4 is 0 Å². The maximum atomic E-state index is 13.2. The Kier molecular flexibility index (Phi) is 4.24. The van der Waals surface area contributed by atoms with E-state index < -0.39 is 0 Å². The van der Waals surface area contributed by atoms with Gasteiger partial charge < -0.3 is 14.4 Å². The molecular formula is C19H23N5O2. The molecule has 0 spiro atoms. The Balaban J connectivity index is 1.61. The van der Waals surface area contributed by atoms with Gasteiger partial charge in [-0.25, -0.2) is 4.98 Å². The molecule has 0 aliphatic carbocycles. The molecule has 26 heavy (non-hydrogen) atoms. The van der Waals surface area contributed by atoms with Crippen LogP contribution in [-0.4, -0.2) is 81.9 Å². The minimum atomic E-state index is -0.230. The average molecular weight is 353 g/mol. The third-order valence-electron chi connectivity index (χ3n) is 5.38. The SMILES string of the molecule is CN1CCN2CCN(C(=O)c3ccccc3-c3nccn3C)CC2C1=O. The van der Waals surface area contributed by atoms with Crippen molar-refractivity contribution in [3.8, 4) is 11.4 Å². The lowest BCUT2D eigenvalue weighted by Crippen LogP contribution is -2.64. The number of carbonyl (C=O) groups excluding carboxylic acids is 2. The van der Waals surface area contributed by atoms with Gasteiger partial charge in [-0.2, -0.15) is 0 Å². The van der Waals surface area contributed by atoms with Gasteiger partial charge in [-0.3, -0.25) is 14.5 Å². The van der Waals surface area contributed by atoms with Crippen LogP contribution in [0, 0.1) is 0 Å². The zero-order chi connectivity index (χ0) is 18.3. The van der Waals surface area contributed by atoms with Gasteiger partial charge in [-0.1, -0.05) is 18.2 Å². The van der Waals surface area contributed by atoms with Crippen molar-refractivity contribution in [2.75, 3.05) is 39.8 Å². The maximum absolute atomic E-state index is 13.2. The van der Waals surface area contributed by atoms with E-state index in [1.807, 2.05) is 49.1 Å². The number of rotatable bonds is 2. The van der Waals surface area contributed by atoms with E-state index in [-0.39, 0.29) is 17.9 Å². The lowest BCUT2D eigenvalue weighted by atomic mass is 10.0. The summed E-state index contributed by atoms with van der Waals surface area (Å²) in [6, 6.07) is 7.32. The summed E-state index contributed by atoms with van der Waals surface area (Å²) in [5.41, 5.74) is 1.45. The standard InChI is InChI=1S/C19H23N5O2/c1-21-8-7-20-17(21)14-5-3-4-6-15(14)18(25)24-12-11-23-10-9-22(2)19(26)16(23)13-24/h3-8,16H,9-13H2,1-2H3. The summed E-state index contributed by atoms with van der Waals surface area (Å²) in [4.78, 5) is 35.9. The first-order chi connectivity index (χ1) is 12.6. The number of imidazole rings is 1. The summed E-state index contributed by atoms with van der Waals surface area (Å²) >= 11 is 0. The van der Waals surface area contributed by atoms with Crippen LogP contribution in [0.15, 0.2) is 36.7 Å². The molecule has 1 unspecified atom stereocenters. The largest absolute Gasteiger partial charge is 0.343 e. The first-order valence-electron chi connectivity index (χ1n) is 8.91. The molecule has 3 heterocycles. The highest BCUT2D eigenvalue weighted by Crippen LogP contribution is 2.25. The number of aryl methyl sites for hydroxylation is 1. The van der Waals surface area contributed by atoms with Crippen LogP contribution in [0.3, 0.4) is 0 Å². The molecule has 2 saturated heterocycles. The molecule has 2 amide bonds. The molecule has 7 nitrogen and oxygen atoms in total.